The Morgan fingerprint density at radius 2 is 2.26 bits per heavy atom. The Bertz CT molecular complexity index is 511. The van der Waals surface area contributed by atoms with Gasteiger partial charge in [-0.15, -0.1) is 0 Å². The quantitative estimate of drug-likeness (QED) is 0.851. The van der Waals surface area contributed by atoms with E-state index in [0.717, 1.165) is 11.3 Å². The van der Waals surface area contributed by atoms with Gasteiger partial charge in [-0.3, -0.25) is 14.6 Å². The largest absolute Gasteiger partial charge is 0.352 e. The van der Waals surface area contributed by atoms with Crippen LogP contribution in [0.1, 0.15) is 25.1 Å². The van der Waals surface area contributed by atoms with Gasteiger partial charge < -0.3 is 10.2 Å². The molecule has 1 aliphatic rings. The fraction of sp³-hybridized carbons (Fsp3) is 0.500. The number of amides is 2. The molecule has 2 rings (SSSR count). The molecule has 1 aromatic heterocycles. The van der Waals surface area contributed by atoms with Crippen molar-refractivity contribution >= 4 is 11.8 Å². The van der Waals surface area contributed by atoms with Crippen LogP contribution >= 0.6 is 0 Å². The number of nitrogens with one attached hydrogen (secondary N) is 1. The lowest BCUT2D eigenvalue weighted by Gasteiger charge is -2.41. The molecule has 1 fully saturated rings. The van der Waals surface area contributed by atoms with Gasteiger partial charge in [0, 0.05) is 19.3 Å². The van der Waals surface area contributed by atoms with Crippen molar-refractivity contribution in [1.82, 2.24) is 15.2 Å². The number of pyridine rings is 1. The first kappa shape index (κ1) is 13.5. The summed E-state index contributed by atoms with van der Waals surface area (Å²) < 4.78 is 0. The molecule has 5 nitrogen and oxygen atoms in total. The molecule has 0 aliphatic carbocycles. The van der Waals surface area contributed by atoms with E-state index < -0.39 is 5.54 Å². The Balaban J connectivity index is 2.16. The van der Waals surface area contributed by atoms with Crippen LogP contribution in [-0.4, -0.2) is 40.3 Å². The van der Waals surface area contributed by atoms with Crippen LogP contribution < -0.4 is 5.32 Å². The fourth-order valence-corrected chi connectivity index (χ4v) is 2.28. The second-order valence-corrected chi connectivity index (χ2v) is 5.30. The first-order valence-electron chi connectivity index (χ1n) is 6.42. The highest BCUT2D eigenvalue weighted by Gasteiger charge is 2.40. The first-order valence-corrected chi connectivity index (χ1v) is 6.42. The van der Waals surface area contributed by atoms with Crippen molar-refractivity contribution in [3.63, 3.8) is 0 Å². The predicted octanol–water partition coefficient (Wildman–Crippen LogP) is 0.670. The van der Waals surface area contributed by atoms with E-state index in [0.29, 0.717) is 13.1 Å². The minimum absolute atomic E-state index is 0.0540. The number of hydrogen-bond acceptors (Lipinski definition) is 3. The third-order valence-electron chi connectivity index (χ3n) is 3.59. The maximum absolute atomic E-state index is 12.4. The number of aryl methyl sites for hydroxylation is 1. The van der Waals surface area contributed by atoms with Crippen molar-refractivity contribution in [3.8, 4) is 0 Å². The number of piperazine rings is 1. The maximum Gasteiger partial charge on any atom is 0.245 e. The summed E-state index contributed by atoms with van der Waals surface area (Å²) in [5, 5.41) is 2.78. The van der Waals surface area contributed by atoms with E-state index in [4.69, 9.17) is 0 Å². The van der Waals surface area contributed by atoms with Crippen molar-refractivity contribution in [1.29, 1.82) is 0 Å². The van der Waals surface area contributed by atoms with E-state index in [2.05, 4.69) is 10.3 Å². The van der Waals surface area contributed by atoms with Gasteiger partial charge in [-0.25, -0.2) is 0 Å². The number of nitrogens with zero attached hydrogens (tertiary/aromatic N) is 2. The third kappa shape index (κ3) is 2.59. The Morgan fingerprint density at radius 1 is 1.53 bits per heavy atom. The second-order valence-electron chi connectivity index (χ2n) is 5.30. The Labute approximate surface area is 113 Å². The van der Waals surface area contributed by atoms with Crippen LogP contribution in [0.5, 0.6) is 0 Å². The van der Waals surface area contributed by atoms with Gasteiger partial charge >= 0.3 is 0 Å². The van der Waals surface area contributed by atoms with E-state index in [-0.39, 0.29) is 18.2 Å². The average Bonchev–Trinajstić information content (AvgIpc) is 2.35. The highest BCUT2D eigenvalue weighted by molar-refractivity contribution is 5.92. The highest BCUT2D eigenvalue weighted by atomic mass is 16.2. The SMILES string of the molecule is Cc1cccnc1CC(=O)N1CCNC(=O)C1(C)C. The topological polar surface area (TPSA) is 62.3 Å². The minimum Gasteiger partial charge on any atom is -0.352 e. The van der Waals surface area contributed by atoms with Crippen LogP contribution in [0.4, 0.5) is 0 Å². The smallest absolute Gasteiger partial charge is 0.245 e. The monoisotopic (exact) mass is 261 g/mol. The van der Waals surface area contributed by atoms with E-state index in [1.54, 1.807) is 24.9 Å². The zero-order chi connectivity index (χ0) is 14.0. The fourth-order valence-electron chi connectivity index (χ4n) is 2.28. The zero-order valence-electron chi connectivity index (χ0n) is 11.6. The predicted molar refractivity (Wildman–Crippen MR) is 71.5 cm³/mol. The maximum atomic E-state index is 12.4. The van der Waals surface area contributed by atoms with Crippen LogP contribution in [0.3, 0.4) is 0 Å². The lowest BCUT2D eigenvalue weighted by atomic mass is 9.98. The number of carbonyl (C=O) groups excluding carboxylic acids is 2. The average molecular weight is 261 g/mol. The van der Waals surface area contributed by atoms with Gasteiger partial charge in [0.2, 0.25) is 11.8 Å². The summed E-state index contributed by atoms with van der Waals surface area (Å²) in [7, 11) is 0. The molecule has 19 heavy (non-hydrogen) atoms. The summed E-state index contributed by atoms with van der Waals surface area (Å²) in [6, 6.07) is 3.78. The number of carbonyl (C=O) groups is 2. The molecule has 1 N–H and O–H groups in total. The van der Waals surface area contributed by atoms with Gasteiger partial charge in [-0.05, 0) is 32.4 Å². The highest BCUT2D eigenvalue weighted by Crippen LogP contribution is 2.19. The van der Waals surface area contributed by atoms with Crippen molar-refractivity contribution < 1.29 is 9.59 Å². The summed E-state index contributed by atoms with van der Waals surface area (Å²) >= 11 is 0. The van der Waals surface area contributed by atoms with Crippen LogP contribution in [-0.2, 0) is 16.0 Å². The molecule has 1 aliphatic heterocycles. The first-order chi connectivity index (χ1) is 8.93. The number of aromatic nitrogens is 1. The zero-order valence-corrected chi connectivity index (χ0v) is 11.6. The molecule has 2 heterocycles. The summed E-state index contributed by atoms with van der Waals surface area (Å²) in [5.74, 6) is -0.161. The molecule has 0 aromatic carbocycles. The number of hydrogen-bond donors (Lipinski definition) is 1. The molecular weight excluding hydrogens is 242 g/mol. The Morgan fingerprint density at radius 3 is 2.95 bits per heavy atom. The van der Waals surface area contributed by atoms with Gasteiger partial charge in [0.1, 0.15) is 5.54 Å². The van der Waals surface area contributed by atoms with E-state index in [1.165, 1.54) is 0 Å². The van der Waals surface area contributed by atoms with Crippen LogP contribution in [0, 0.1) is 6.92 Å². The van der Waals surface area contributed by atoms with Crippen molar-refractivity contribution in [3.05, 3.63) is 29.6 Å². The van der Waals surface area contributed by atoms with Gasteiger partial charge in [-0.1, -0.05) is 6.07 Å². The molecule has 1 aromatic rings. The van der Waals surface area contributed by atoms with Gasteiger partial charge in [0.05, 0.1) is 12.1 Å². The van der Waals surface area contributed by atoms with Crippen molar-refractivity contribution in [2.75, 3.05) is 13.1 Å². The van der Waals surface area contributed by atoms with Gasteiger partial charge in [0.25, 0.3) is 0 Å². The molecule has 102 valence electrons. The van der Waals surface area contributed by atoms with Crippen LogP contribution in [0.2, 0.25) is 0 Å². The van der Waals surface area contributed by atoms with E-state index >= 15 is 0 Å². The van der Waals surface area contributed by atoms with Gasteiger partial charge in [0.15, 0.2) is 0 Å². The van der Waals surface area contributed by atoms with E-state index in [1.807, 2.05) is 19.1 Å². The molecule has 2 amide bonds. The molecule has 0 atom stereocenters. The molecule has 0 saturated carbocycles. The molecule has 1 saturated heterocycles. The molecule has 5 heteroatoms. The summed E-state index contributed by atoms with van der Waals surface area (Å²) in [5.41, 5.74) is 0.974. The van der Waals surface area contributed by atoms with Crippen molar-refractivity contribution in [2.24, 2.45) is 0 Å². The minimum atomic E-state index is -0.794. The lowest BCUT2D eigenvalue weighted by Crippen LogP contribution is -2.63. The standard InChI is InChI=1S/C14H19N3O2/c1-10-5-4-6-15-11(10)9-12(18)17-8-7-16-13(19)14(17,2)3/h4-6H,7-9H2,1-3H3,(H,16,19). The summed E-state index contributed by atoms with van der Waals surface area (Å²) in [4.78, 5) is 30.1. The summed E-state index contributed by atoms with van der Waals surface area (Å²) in [6.07, 6.45) is 1.92. The van der Waals surface area contributed by atoms with Crippen molar-refractivity contribution in [2.45, 2.75) is 32.7 Å². The summed E-state index contributed by atoms with van der Waals surface area (Å²) in [6.45, 7) is 6.53. The molecule has 0 unspecified atom stereocenters. The van der Waals surface area contributed by atoms with E-state index in [9.17, 15) is 9.59 Å². The second kappa shape index (κ2) is 4.99. The third-order valence-corrected chi connectivity index (χ3v) is 3.59. The number of rotatable bonds is 2. The molecule has 0 spiro atoms. The lowest BCUT2D eigenvalue weighted by molar-refractivity contribution is -0.148. The Hall–Kier alpha value is -1.91. The molecule has 0 bridgehead atoms. The molecular formula is C14H19N3O2. The normalized spacial score (nSPS) is 18.1. The van der Waals surface area contributed by atoms with Gasteiger partial charge in [-0.2, -0.15) is 0 Å². The molecule has 0 radical (unpaired) electrons. The van der Waals surface area contributed by atoms with Crippen LogP contribution in [0.25, 0.3) is 0 Å². The van der Waals surface area contributed by atoms with Crippen LogP contribution in [0.15, 0.2) is 18.3 Å². The Kier molecular flexibility index (Phi) is 3.55.